The molecule has 0 amide bonds. The number of hydrogen-bond donors (Lipinski definition) is 1. The molecule has 1 aliphatic rings. The van der Waals surface area contributed by atoms with Gasteiger partial charge in [0.2, 0.25) is 0 Å². The van der Waals surface area contributed by atoms with Gasteiger partial charge in [-0.15, -0.1) is 0 Å². The van der Waals surface area contributed by atoms with Crippen LogP contribution in [0.15, 0.2) is 18.2 Å². The first-order valence-corrected chi connectivity index (χ1v) is 5.78. The zero-order valence-electron chi connectivity index (χ0n) is 9.93. The second-order valence-corrected chi connectivity index (χ2v) is 4.28. The van der Waals surface area contributed by atoms with Gasteiger partial charge in [-0.2, -0.15) is 0 Å². The number of anilines is 1. The number of carbonyl (C=O) groups is 1. The monoisotopic (exact) mass is 235 g/mol. The third-order valence-electron chi connectivity index (χ3n) is 3.09. The third-order valence-corrected chi connectivity index (χ3v) is 3.09. The van der Waals surface area contributed by atoms with E-state index < -0.39 is 0 Å². The van der Waals surface area contributed by atoms with Crippen LogP contribution in [0, 0.1) is 6.92 Å². The van der Waals surface area contributed by atoms with E-state index in [9.17, 15) is 4.79 Å². The molecule has 0 radical (unpaired) electrons. The molecule has 0 bridgehead atoms. The molecule has 1 atom stereocenters. The zero-order valence-corrected chi connectivity index (χ0v) is 9.93. The largest absolute Gasteiger partial charge is 0.394 e. The molecule has 1 heterocycles. The number of aliphatic hydroxyl groups is 1. The van der Waals surface area contributed by atoms with Gasteiger partial charge in [0.25, 0.3) is 0 Å². The Morgan fingerprint density at radius 3 is 3.06 bits per heavy atom. The number of ether oxygens (including phenoxy) is 1. The molecule has 1 fully saturated rings. The molecular formula is C13H17NO3. The summed E-state index contributed by atoms with van der Waals surface area (Å²) in [4.78, 5) is 12.9. The molecule has 0 aliphatic carbocycles. The summed E-state index contributed by atoms with van der Waals surface area (Å²) in [5.41, 5.74) is 2.78. The Balaban J connectivity index is 2.16. The van der Waals surface area contributed by atoms with Gasteiger partial charge in [-0.25, -0.2) is 0 Å². The van der Waals surface area contributed by atoms with Crippen molar-refractivity contribution < 1.29 is 14.6 Å². The summed E-state index contributed by atoms with van der Waals surface area (Å²) < 4.78 is 5.41. The molecular weight excluding hydrogens is 218 g/mol. The first kappa shape index (κ1) is 12.1. The zero-order chi connectivity index (χ0) is 12.3. The summed E-state index contributed by atoms with van der Waals surface area (Å²) in [6, 6.07) is 5.78. The number of rotatable bonds is 3. The van der Waals surface area contributed by atoms with E-state index in [-0.39, 0.29) is 12.7 Å². The minimum Gasteiger partial charge on any atom is -0.394 e. The van der Waals surface area contributed by atoms with Crippen molar-refractivity contribution in [3.05, 3.63) is 29.3 Å². The van der Waals surface area contributed by atoms with Crippen molar-refractivity contribution in [3.63, 3.8) is 0 Å². The van der Waals surface area contributed by atoms with Gasteiger partial charge in [-0.3, -0.25) is 4.79 Å². The lowest BCUT2D eigenvalue weighted by molar-refractivity contribution is 0.00356. The number of morpholine rings is 1. The lowest BCUT2D eigenvalue weighted by Crippen LogP contribution is -2.44. The highest BCUT2D eigenvalue weighted by atomic mass is 16.5. The van der Waals surface area contributed by atoms with Crippen LogP contribution in [0.25, 0.3) is 0 Å². The molecule has 17 heavy (non-hydrogen) atoms. The maximum absolute atomic E-state index is 10.7. The van der Waals surface area contributed by atoms with Crippen LogP contribution in [0.3, 0.4) is 0 Å². The Kier molecular flexibility index (Phi) is 3.76. The molecule has 4 heteroatoms. The number of aliphatic hydroxyl groups excluding tert-OH is 1. The number of hydrogen-bond acceptors (Lipinski definition) is 4. The highest BCUT2D eigenvalue weighted by Crippen LogP contribution is 2.20. The van der Waals surface area contributed by atoms with Gasteiger partial charge in [0, 0.05) is 24.3 Å². The fourth-order valence-electron chi connectivity index (χ4n) is 2.05. The molecule has 2 rings (SSSR count). The number of aldehydes is 1. The first-order chi connectivity index (χ1) is 8.24. The fourth-order valence-corrected chi connectivity index (χ4v) is 2.05. The molecule has 0 aromatic heterocycles. The predicted octanol–water partition coefficient (Wildman–Crippen LogP) is 1.01. The maximum Gasteiger partial charge on any atom is 0.150 e. The number of benzene rings is 1. The molecule has 1 aromatic rings. The average Bonchev–Trinajstić information content (AvgIpc) is 2.38. The summed E-state index contributed by atoms with van der Waals surface area (Å²) in [6.07, 6.45) is 0.754. The Morgan fingerprint density at radius 2 is 2.41 bits per heavy atom. The van der Waals surface area contributed by atoms with E-state index in [1.54, 1.807) is 0 Å². The van der Waals surface area contributed by atoms with Crippen LogP contribution in [0.5, 0.6) is 0 Å². The van der Waals surface area contributed by atoms with Crippen molar-refractivity contribution in [2.45, 2.75) is 13.0 Å². The summed E-state index contributed by atoms with van der Waals surface area (Å²) in [5.74, 6) is 0. The second kappa shape index (κ2) is 5.29. The van der Waals surface area contributed by atoms with Crippen LogP contribution in [-0.4, -0.2) is 43.8 Å². The molecule has 0 saturated carbocycles. The quantitative estimate of drug-likeness (QED) is 0.794. The molecule has 1 unspecified atom stereocenters. The molecule has 1 aromatic carbocycles. The number of carbonyl (C=O) groups excluding carboxylic acids is 1. The van der Waals surface area contributed by atoms with E-state index in [4.69, 9.17) is 9.84 Å². The van der Waals surface area contributed by atoms with E-state index in [0.29, 0.717) is 13.2 Å². The maximum atomic E-state index is 10.7. The SMILES string of the molecule is Cc1cc(N2CCOC(CO)C2)ccc1C=O. The van der Waals surface area contributed by atoms with Crippen LogP contribution in [0.2, 0.25) is 0 Å². The fraction of sp³-hybridized carbons (Fsp3) is 0.462. The molecule has 92 valence electrons. The Labute approximate surface area is 101 Å². The highest BCUT2D eigenvalue weighted by Gasteiger charge is 2.20. The van der Waals surface area contributed by atoms with E-state index in [2.05, 4.69) is 4.90 Å². The normalized spacial score (nSPS) is 20.4. The Morgan fingerprint density at radius 1 is 1.59 bits per heavy atom. The lowest BCUT2D eigenvalue weighted by Gasteiger charge is -2.34. The highest BCUT2D eigenvalue weighted by molar-refractivity contribution is 5.78. The van der Waals surface area contributed by atoms with Crippen molar-refractivity contribution in [2.75, 3.05) is 31.2 Å². The van der Waals surface area contributed by atoms with Crippen LogP contribution in [-0.2, 0) is 4.74 Å². The van der Waals surface area contributed by atoms with Crippen molar-refractivity contribution in [1.82, 2.24) is 0 Å². The molecule has 1 N–H and O–H groups in total. The first-order valence-electron chi connectivity index (χ1n) is 5.78. The van der Waals surface area contributed by atoms with Crippen molar-refractivity contribution >= 4 is 12.0 Å². The minimum absolute atomic E-state index is 0.0436. The van der Waals surface area contributed by atoms with E-state index in [1.807, 2.05) is 25.1 Å². The summed E-state index contributed by atoms with van der Waals surface area (Å²) in [6.45, 7) is 4.10. The predicted molar refractivity (Wildman–Crippen MR) is 65.6 cm³/mol. The van der Waals surface area contributed by atoms with Crippen LogP contribution in [0.1, 0.15) is 15.9 Å². The van der Waals surface area contributed by atoms with E-state index in [0.717, 1.165) is 29.6 Å². The van der Waals surface area contributed by atoms with Gasteiger partial charge in [-0.1, -0.05) is 0 Å². The number of nitrogens with zero attached hydrogens (tertiary/aromatic N) is 1. The smallest absolute Gasteiger partial charge is 0.150 e. The van der Waals surface area contributed by atoms with Crippen molar-refractivity contribution in [3.8, 4) is 0 Å². The summed E-state index contributed by atoms with van der Waals surface area (Å²) in [7, 11) is 0. The van der Waals surface area contributed by atoms with E-state index in [1.165, 1.54) is 0 Å². The van der Waals surface area contributed by atoms with Gasteiger partial charge >= 0.3 is 0 Å². The summed E-state index contributed by atoms with van der Waals surface area (Å²) in [5, 5.41) is 9.09. The lowest BCUT2D eigenvalue weighted by atomic mass is 10.1. The standard InChI is InChI=1S/C13H17NO3/c1-10-6-12(3-2-11(10)8-15)14-4-5-17-13(7-14)9-16/h2-3,6,8,13,16H,4-5,7,9H2,1H3. The van der Waals surface area contributed by atoms with Crippen LogP contribution < -0.4 is 4.90 Å². The molecule has 1 aliphatic heterocycles. The second-order valence-electron chi connectivity index (χ2n) is 4.28. The van der Waals surface area contributed by atoms with Crippen LogP contribution >= 0.6 is 0 Å². The minimum atomic E-state index is -0.116. The average molecular weight is 235 g/mol. The Hall–Kier alpha value is -1.39. The van der Waals surface area contributed by atoms with Gasteiger partial charge in [0.1, 0.15) is 6.29 Å². The van der Waals surface area contributed by atoms with Gasteiger partial charge in [0.05, 0.1) is 19.3 Å². The Bertz CT molecular complexity index is 406. The van der Waals surface area contributed by atoms with Gasteiger partial charge in [-0.05, 0) is 30.7 Å². The van der Waals surface area contributed by atoms with Crippen molar-refractivity contribution in [1.29, 1.82) is 0 Å². The summed E-state index contributed by atoms with van der Waals surface area (Å²) >= 11 is 0. The molecule has 0 spiro atoms. The van der Waals surface area contributed by atoms with Gasteiger partial charge < -0.3 is 14.7 Å². The number of aryl methyl sites for hydroxylation is 1. The molecule has 4 nitrogen and oxygen atoms in total. The topological polar surface area (TPSA) is 49.8 Å². The van der Waals surface area contributed by atoms with Crippen molar-refractivity contribution in [2.24, 2.45) is 0 Å². The third kappa shape index (κ3) is 2.65. The van der Waals surface area contributed by atoms with E-state index >= 15 is 0 Å². The van der Waals surface area contributed by atoms with Gasteiger partial charge in [0.15, 0.2) is 0 Å². The molecule has 1 saturated heterocycles. The van der Waals surface area contributed by atoms with Crippen LogP contribution in [0.4, 0.5) is 5.69 Å².